The first-order valence-electron chi connectivity index (χ1n) is 8.40. The van der Waals surface area contributed by atoms with Gasteiger partial charge < -0.3 is 10.1 Å². The molecule has 5 nitrogen and oxygen atoms in total. The zero-order valence-electron chi connectivity index (χ0n) is 14.1. The maximum Gasteiger partial charge on any atom is 0.241 e. The topological polar surface area (TPSA) is 67.4 Å². The Balaban J connectivity index is 2.00. The number of sulfonamides is 1. The monoisotopic (exact) mass is 348 g/mol. The Bertz CT molecular complexity index is 820. The highest BCUT2D eigenvalue weighted by Crippen LogP contribution is 2.31. The van der Waals surface area contributed by atoms with Crippen LogP contribution in [0.4, 0.5) is 0 Å². The Labute approximate surface area is 143 Å². The summed E-state index contributed by atoms with van der Waals surface area (Å²) in [5.41, 5.74) is 0. The van der Waals surface area contributed by atoms with Crippen LogP contribution in [0.5, 0.6) is 5.75 Å². The van der Waals surface area contributed by atoms with Crippen molar-refractivity contribution in [3.63, 3.8) is 0 Å². The van der Waals surface area contributed by atoms with Crippen LogP contribution in [0.2, 0.25) is 0 Å². The highest BCUT2D eigenvalue weighted by molar-refractivity contribution is 7.89. The van der Waals surface area contributed by atoms with Crippen LogP contribution in [0.15, 0.2) is 41.3 Å². The minimum Gasteiger partial charge on any atom is -0.493 e. The number of ether oxygens (including phenoxy) is 1. The van der Waals surface area contributed by atoms with E-state index in [2.05, 4.69) is 17.0 Å². The Morgan fingerprint density at radius 2 is 1.96 bits per heavy atom. The summed E-state index contributed by atoms with van der Waals surface area (Å²) in [5.74, 6) is 1.02. The molecule has 1 fully saturated rings. The second kappa shape index (κ2) is 7.09. The molecule has 0 saturated carbocycles. The molecule has 3 rings (SSSR count). The fraction of sp³-hybridized carbons (Fsp3) is 0.444. The van der Waals surface area contributed by atoms with E-state index in [-0.39, 0.29) is 6.04 Å². The SMILES string of the molecule is CCOc1ccc(S(=O)(=O)NC2CNCCC2C)c2ccccc12. The van der Waals surface area contributed by atoms with Crippen LogP contribution >= 0.6 is 0 Å². The van der Waals surface area contributed by atoms with Gasteiger partial charge in [0.1, 0.15) is 5.75 Å². The van der Waals surface area contributed by atoms with Crippen LogP contribution in [-0.4, -0.2) is 34.2 Å². The van der Waals surface area contributed by atoms with Crippen LogP contribution in [0.25, 0.3) is 10.8 Å². The van der Waals surface area contributed by atoms with Gasteiger partial charge in [-0.1, -0.05) is 31.2 Å². The van der Waals surface area contributed by atoms with Crippen molar-refractivity contribution in [2.45, 2.75) is 31.2 Å². The summed E-state index contributed by atoms with van der Waals surface area (Å²) < 4.78 is 34.4. The summed E-state index contributed by atoms with van der Waals surface area (Å²) in [6.45, 7) is 6.14. The third-order valence-electron chi connectivity index (χ3n) is 4.57. The molecule has 2 atom stereocenters. The zero-order chi connectivity index (χ0) is 17.2. The number of nitrogens with one attached hydrogen (secondary N) is 2. The Morgan fingerprint density at radius 3 is 2.67 bits per heavy atom. The van der Waals surface area contributed by atoms with E-state index >= 15 is 0 Å². The molecule has 130 valence electrons. The molecule has 6 heteroatoms. The lowest BCUT2D eigenvalue weighted by atomic mass is 9.96. The maximum absolute atomic E-state index is 12.9. The van der Waals surface area contributed by atoms with Gasteiger partial charge in [-0.05, 0) is 37.9 Å². The molecule has 0 aromatic heterocycles. The summed E-state index contributed by atoms with van der Waals surface area (Å²) in [6, 6.07) is 10.7. The minimum atomic E-state index is -3.60. The lowest BCUT2D eigenvalue weighted by molar-refractivity contribution is 0.327. The summed E-state index contributed by atoms with van der Waals surface area (Å²) in [7, 11) is -3.60. The number of rotatable bonds is 5. The van der Waals surface area contributed by atoms with Gasteiger partial charge in [-0.25, -0.2) is 13.1 Å². The number of hydrogen-bond acceptors (Lipinski definition) is 4. The average molecular weight is 348 g/mol. The Morgan fingerprint density at radius 1 is 1.21 bits per heavy atom. The molecule has 1 aliphatic rings. The van der Waals surface area contributed by atoms with Crippen molar-refractivity contribution in [1.82, 2.24) is 10.0 Å². The summed E-state index contributed by atoms with van der Waals surface area (Å²) in [5, 5.41) is 4.76. The Kier molecular flexibility index (Phi) is 5.08. The van der Waals surface area contributed by atoms with Crippen LogP contribution < -0.4 is 14.8 Å². The molecule has 1 saturated heterocycles. The van der Waals surface area contributed by atoms with Crippen molar-refractivity contribution in [3.05, 3.63) is 36.4 Å². The van der Waals surface area contributed by atoms with Crippen molar-refractivity contribution < 1.29 is 13.2 Å². The zero-order valence-corrected chi connectivity index (χ0v) is 14.9. The number of benzene rings is 2. The molecule has 2 aromatic carbocycles. The van der Waals surface area contributed by atoms with E-state index in [0.717, 1.165) is 18.4 Å². The average Bonchev–Trinajstić information content (AvgIpc) is 2.57. The summed E-state index contributed by atoms with van der Waals surface area (Å²) in [4.78, 5) is 0.305. The van der Waals surface area contributed by atoms with Crippen LogP contribution in [0.1, 0.15) is 20.3 Å². The third kappa shape index (κ3) is 3.41. The van der Waals surface area contributed by atoms with Gasteiger partial charge in [0.2, 0.25) is 10.0 Å². The van der Waals surface area contributed by atoms with Gasteiger partial charge in [0, 0.05) is 23.4 Å². The first kappa shape index (κ1) is 17.2. The minimum absolute atomic E-state index is 0.0888. The Hall–Kier alpha value is -1.63. The standard InChI is InChI=1S/C18H24N2O3S/c1-3-23-17-8-9-18(15-7-5-4-6-14(15)17)24(21,22)20-16-12-19-11-10-13(16)2/h4-9,13,16,19-20H,3,10-12H2,1-2H3. The van der Waals surface area contributed by atoms with Gasteiger partial charge in [0.05, 0.1) is 11.5 Å². The van der Waals surface area contributed by atoms with E-state index in [4.69, 9.17) is 4.74 Å². The third-order valence-corrected chi connectivity index (χ3v) is 6.12. The molecule has 0 aliphatic carbocycles. The van der Waals surface area contributed by atoms with Crippen LogP contribution in [-0.2, 0) is 10.0 Å². The fourth-order valence-corrected chi connectivity index (χ4v) is 4.73. The van der Waals surface area contributed by atoms with E-state index in [1.165, 1.54) is 0 Å². The molecule has 24 heavy (non-hydrogen) atoms. The maximum atomic E-state index is 12.9. The van der Waals surface area contributed by atoms with E-state index in [0.29, 0.717) is 35.1 Å². The molecule has 0 radical (unpaired) electrons. The summed E-state index contributed by atoms with van der Waals surface area (Å²) in [6.07, 6.45) is 0.969. The predicted octanol–water partition coefficient (Wildman–Crippen LogP) is 2.51. The fourth-order valence-electron chi connectivity index (χ4n) is 3.17. The van der Waals surface area contributed by atoms with Gasteiger partial charge in [-0.3, -0.25) is 0 Å². The number of hydrogen-bond donors (Lipinski definition) is 2. The highest BCUT2D eigenvalue weighted by atomic mass is 32.2. The van der Waals surface area contributed by atoms with Crippen LogP contribution in [0.3, 0.4) is 0 Å². The first-order valence-corrected chi connectivity index (χ1v) is 9.89. The van der Waals surface area contributed by atoms with E-state index < -0.39 is 10.0 Å². The molecule has 1 aliphatic heterocycles. The molecule has 0 bridgehead atoms. The van der Waals surface area contributed by atoms with Crippen molar-refractivity contribution in [3.8, 4) is 5.75 Å². The second-order valence-corrected chi connectivity index (χ2v) is 7.92. The number of piperidine rings is 1. The highest BCUT2D eigenvalue weighted by Gasteiger charge is 2.28. The smallest absolute Gasteiger partial charge is 0.241 e. The van der Waals surface area contributed by atoms with E-state index in [1.807, 2.05) is 31.2 Å². The molecule has 2 unspecified atom stereocenters. The lowest BCUT2D eigenvalue weighted by Crippen LogP contribution is -2.50. The van der Waals surface area contributed by atoms with Gasteiger partial charge in [-0.15, -0.1) is 0 Å². The molecule has 1 heterocycles. The van der Waals surface area contributed by atoms with Gasteiger partial charge in [-0.2, -0.15) is 0 Å². The second-order valence-electron chi connectivity index (χ2n) is 6.24. The van der Waals surface area contributed by atoms with Crippen molar-refractivity contribution in [2.24, 2.45) is 5.92 Å². The van der Waals surface area contributed by atoms with Crippen molar-refractivity contribution in [2.75, 3.05) is 19.7 Å². The molecule has 2 N–H and O–H groups in total. The molecular weight excluding hydrogens is 324 g/mol. The molecular formula is C18H24N2O3S. The largest absolute Gasteiger partial charge is 0.493 e. The van der Waals surface area contributed by atoms with Crippen molar-refractivity contribution in [1.29, 1.82) is 0 Å². The quantitative estimate of drug-likeness (QED) is 0.871. The normalized spacial score (nSPS) is 21.8. The van der Waals surface area contributed by atoms with E-state index in [9.17, 15) is 8.42 Å². The number of fused-ring (bicyclic) bond motifs is 1. The molecule has 0 amide bonds. The van der Waals surface area contributed by atoms with Gasteiger partial charge >= 0.3 is 0 Å². The lowest BCUT2D eigenvalue weighted by Gasteiger charge is -2.30. The first-order chi connectivity index (χ1) is 11.5. The van der Waals surface area contributed by atoms with E-state index in [1.54, 1.807) is 12.1 Å². The summed E-state index contributed by atoms with van der Waals surface area (Å²) >= 11 is 0. The molecule has 2 aromatic rings. The van der Waals surface area contributed by atoms with Crippen molar-refractivity contribution >= 4 is 20.8 Å². The van der Waals surface area contributed by atoms with Gasteiger partial charge in [0.15, 0.2) is 0 Å². The van der Waals surface area contributed by atoms with Gasteiger partial charge in [0.25, 0.3) is 0 Å². The molecule has 0 spiro atoms. The predicted molar refractivity (Wildman–Crippen MR) is 95.9 cm³/mol. The van der Waals surface area contributed by atoms with Crippen LogP contribution in [0, 0.1) is 5.92 Å².